The fourth-order valence-corrected chi connectivity index (χ4v) is 3.98. The Hall–Kier alpha value is -0.770. The van der Waals surface area contributed by atoms with Crippen LogP contribution in [0.25, 0.3) is 0 Å². The van der Waals surface area contributed by atoms with Gasteiger partial charge in [0.2, 0.25) is 0 Å². The molecule has 1 aliphatic heterocycles. The normalized spacial score (nSPS) is 27.2. The number of primary amides is 1. The van der Waals surface area contributed by atoms with Gasteiger partial charge in [-0.1, -0.05) is 32.1 Å². The number of hydrogen-bond donors (Lipinski definition) is 2. The summed E-state index contributed by atoms with van der Waals surface area (Å²) < 4.78 is 0. The van der Waals surface area contributed by atoms with Gasteiger partial charge in [0.25, 0.3) is 0 Å². The van der Waals surface area contributed by atoms with E-state index in [9.17, 15) is 4.79 Å². The van der Waals surface area contributed by atoms with E-state index in [0.717, 1.165) is 25.3 Å². The molecule has 1 aliphatic carbocycles. The highest BCUT2D eigenvalue weighted by Gasteiger charge is 2.32. The first-order valence-electron chi connectivity index (χ1n) is 7.98. The summed E-state index contributed by atoms with van der Waals surface area (Å²) in [7, 11) is 0. The maximum Gasteiger partial charge on any atom is 0.315 e. The quantitative estimate of drug-likeness (QED) is 0.821. The molecular weight excluding hydrogens is 238 g/mol. The average molecular weight is 267 g/mol. The van der Waals surface area contributed by atoms with E-state index in [1.54, 1.807) is 0 Å². The van der Waals surface area contributed by atoms with Crippen LogP contribution in [-0.4, -0.2) is 30.1 Å². The highest BCUT2D eigenvalue weighted by molar-refractivity contribution is 5.72. The van der Waals surface area contributed by atoms with Gasteiger partial charge in [-0.05, 0) is 44.1 Å². The van der Waals surface area contributed by atoms with Crippen molar-refractivity contribution in [3.63, 3.8) is 0 Å². The lowest BCUT2D eigenvalue weighted by atomic mass is 9.78. The van der Waals surface area contributed by atoms with Gasteiger partial charge in [0.05, 0.1) is 0 Å². The monoisotopic (exact) mass is 267 g/mol. The fraction of sp³-hybridized carbons (Fsp3) is 0.933. The van der Waals surface area contributed by atoms with Crippen molar-refractivity contribution < 1.29 is 4.79 Å². The molecule has 0 aromatic rings. The van der Waals surface area contributed by atoms with Crippen LogP contribution in [0.5, 0.6) is 0 Å². The van der Waals surface area contributed by atoms with Crippen molar-refractivity contribution >= 4 is 6.03 Å². The van der Waals surface area contributed by atoms with Crippen molar-refractivity contribution in [2.45, 2.75) is 63.8 Å². The molecule has 1 saturated heterocycles. The van der Waals surface area contributed by atoms with E-state index in [-0.39, 0.29) is 12.1 Å². The van der Waals surface area contributed by atoms with Crippen LogP contribution >= 0.6 is 0 Å². The molecule has 19 heavy (non-hydrogen) atoms. The lowest BCUT2D eigenvalue weighted by Gasteiger charge is -2.40. The number of nitrogens with two attached hydrogens (primary N) is 2. The number of piperidine rings is 1. The lowest BCUT2D eigenvalue weighted by Crippen LogP contribution is -2.51. The zero-order valence-corrected chi connectivity index (χ0v) is 12.0. The van der Waals surface area contributed by atoms with Gasteiger partial charge < -0.3 is 16.4 Å². The molecule has 2 amide bonds. The summed E-state index contributed by atoms with van der Waals surface area (Å²) >= 11 is 0. The molecule has 110 valence electrons. The minimum atomic E-state index is -0.258. The first-order valence-corrected chi connectivity index (χ1v) is 7.98. The van der Waals surface area contributed by atoms with Gasteiger partial charge in [0.15, 0.2) is 0 Å². The van der Waals surface area contributed by atoms with Gasteiger partial charge in [-0.2, -0.15) is 0 Å². The van der Waals surface area contributed by atoms with E-state index in [4.69, 9.17) is 11.5 Å². The Morgan fingerprint density at radius 1 is 1.11 bits per heavy atom. The lowest BCUT2D eigenvalue weighted by molar-refractivity contribution is 0.111. The Bertz CT molecular complexity index is 289. The third-order valence-corrected chi connectivity index (χ3v) is 5.04. The van der Waals surface area contributed by atoms with Gasteiger partial charge >= 0.3 is 6.03 Å². The number of amides is 2. The van der Waals surface area contributed by atoms with Crippen LogP contribution in [0.2, 0.25) is 0 Å². The summed E-state index contributed by atoms with van der Waals surface area (Å²) in [6, 6.07) is 0.0324. The summed E-state index contributed by atoms with van der Waals surface area (Å²) in [4.78, 5) is 13.5. The molecule has 4 N–H and O–H groups in total. The SMILES string of the molecule is NCC(CC1CCCCC1)C1CCCCN1C(N)=O. The standard InChI is InChI=1S/C15H29N3O/c16-11-13(10-12-6-2-1-3-7-12)14-8-4-5-9-18(14)15(17)19/h12-14H,1-11,16H2,(H2,17,19). The minimum absolute atomic E-state index is 0.258. The molecular formula is C15H29N3O. The number of rotatable bonds is 4. The molecule has 0 bridgehead atoms. The second-order valence-electron chi connectivity index (χ2n) is 6.33. The highest BCUT2D eigenvalue weighted by atomic mass is 16.2. The molecule has 0 aromatic heterocycles. The molecule has 0 radical (unpaired) electrons. The minimum Gasteiger partial charge on any atom is -0.351 e. The summed E-state index contributed by atoms with van der Waals surface area (Å²) in [5.41, 5.74) is 11.5. The Morgan fingerprint density at radius 2 is 1.79 bits per heavy atom. The number of likely N-dealkylation sites (tertiary alicyclic amines) is 1. The Morgan fingerprint density at radius 3 is 2.42 bits per heavy atom. The van der Waals surface area contributed by atoms with E-state index < -0.39 is 0 Å². The summed E-state index contributed by atoms with van der Waals surface area (Å²) in [6.45, 7) is 1.51. The smallest absolute Gasteiger partial charge is 0.315 e. The maximum absolute atomic E-state index is 11.6. The van der Waals surface area contributed by atoms with E-state index in [1.807, 2.05) is 4.90 Å². The van der Waals surface area contributed by atoms with Gasteiger partial charge in [-0.15, -0.1) is 0 Å². The van der Waals surface area contributed by atoms with Crippen LogP contribution in [0.3, 0.4) is 0 Å². The van der Waals surface area contributed by atoms with Gasteiger partial charge in [-0.3, -0.25) is 0 Å². The van der Waals surface area contributed by atoms with Crippen molar-refractivity contribution in [1.82, 2.24) is 4.90 Å². The first kappa shape index (κ1) is 14.6. The Kier molecular flexibility index (Phi) is 5.49. The zero-order chi connectivity index (χ0) is 13.7. The van der Waals surface area contributed by atoms with E-state index in [0.29, 0.717) is 12.5 Å². The fourth-order valence-electron chi connectivity index (χ4n) is 3.98. The molecule has 4 nitrogen and oxygen atoms in total. The van der Waals surface area contributed by atoms with Gasteiger partial charge in [0, 0.05) is 12.6 Å². The van der Waals surface area contributed by atoms with E-state index in [2.05, 4.69) is 0 Å². The van der Waals surface area contributed by atoms with Crippen molar-refractivity contribution in [1.29, 1.82) is 0 Å². The molecule has 4 heteroatoms. The van der Waals surface area contributed by atoms with Crippen LogP contribution in [0.4, 0.5) is 4.79 Å². The number of carbonyl (C=O) groups is 1. The largest absolute Gasteiger partial charge is 0.351 e. The van der Waals surface area contributed by atoms with Crippen molar-refractivity contribution in [3.8, 4) is 0 Å². The highest BCUT2D eigenvalue weighted by Crippen LogP contribution is 2.33. The van der Waals surface area contributed by atoms with Gasteiger partial charge in [-0.25, -0.2) is 4.79 Å². The topological polar surface area (TPSA) is 72.3 Å². The summed E-state index contributed by atoms with van der Waals surface area (Å²) in [5.74, 6) is 1.26. The van der Waals surface area contributed by atoms with E-state index >= 15 is 0 Å². The van der Waals surface area contributed by atoms with E-state index in [1.165, 1.54) is 44.9 Å². The van der Waals surface area contributed by atoms with Crippen LogP contribution < -0.4 is 11.5 Å². The van der Waals surface area contributed by atoms with Crippen LogP contribution in [0.15, 0.2) is 0 Å². The Labute approximate surface area is 116 Å². The molecule has 2 unspecified atom stereocenters. The number of urea groups is 1. The average Bonchev–Trinajstić information content (AvgIpc) is 2.46. The predicted octanol–water partition coefficient (Wildman–Crippen LogP) is 2.46. The first-order chi connectivity index (χ1) is 9.22. The predicted molar refractivity (Wildman–Crippen MR) is 77.7 cm³/mol. The number of hydrogen-bond acceptors (Lipinski definition) is 2. The molecule has 1 saturated carbocycles. The summed E-state index contributed by atoms with van der Waals surface area (Å²) in [6.07, 6.45) is 11.4. The second-order valence-corrected chi connectivity index (χ2v) is 6.33. The molecule has 2 rings (SSSR count). The third-order valence-electron chi connectivity index (χ3n) is 5.04. The van der Waals surface area contributed by atoms with Crippen molar-refractivity contribution in [3.05, 3.63) is 0 Å². The second kappa shape index (κ2) is 7.13. The summed E-state index contributed by atoms with van der Waals surface area (Å²) in [5, 5.41) is 0. The zero-order valence-electron chi connectivity index (χ0n) is 12.0. The molecule has 2 aliphatic rings. The van der Waals surface area contributed by atoms with Crippen molar-refractivity contribution in [2.24, 2.45) is 23.3 Å². The van der Waals surface area contributed by atoms with Gasteiger partial charge in [0.1, 0.15) is 0 Å². The Balaban J connectivity index is 1.95. The molecule has 2 fully saturated rings. The molecule has 2 atom stereocenters. The molecule has 0 aromatic carbocycles. The molecule has 1 heterocycles. The van der Waals surface area contributed by atoms with Crippen LogP contribution in [0, 0.1) is 11.8 Å². The number of nitrogens with zero attached hydrogens (tertiary/aromatic N) is 1. The van der Waals surface area contributed by atoms with Crippen LogP contribution in [-0.2, 0) is 0 Å². The third kappa shape index (κ3) is 3.85. The van der Waals surface area contributed by atoms with Crippen molar-refractivity contribution in [2.75, 3.05) is 13.1 Å². The van der Waals surface area contributed by atoms with Crippen LogP contribution in [0.1, 0.15) is 57.8 Å². The molecule has 0 spiro atoms. The number of carbonyl (C=O) groups excluding carboxylic acids is 1. The maximum atomic E-state index is 11.6.